The molecule has 2 saturated heterocycles. The molecule has 5 rings (SSSR count). The summed E-state index contributed by atoms with van der Waals surface area (Å²) in [5.74, 6) is -0.291. The molecular weight excluding hydrogens is 386 g/mol. The molecule has 3 amide bonds. The number of ether oxygens (including phenoxy) is 1. The van der Waals surface area contributed by atoms with Gasteiger partial charge >= 0.3 is 0 Å². The number of hydrogen-bond acceptors (Lipinski definition) is 6. The number of carbonyl (C=O) groups excluding carboxylic acids is 3. The number of piperidine rings is 1. The maximum Gasteiger partial charge on any atom is 0.255 e. The van der Waals surface area contributed by atoms with Crippen molar-refractivity contribution >= 4 is 17.7 Å². The molecule has 1 atom stereocenters. The van der Waals surface area contributed by atoms with Crippen LogP contribution >= 0.6 is 0 Å². The van der Waals surface area contributed by atoms with E-state index >= 15 is 0 Å². The van der Waals surface area contributed by atoms with Gasteiger partial charge in [0.2, 0.25) is 11.8 Å². The largest absolute Gasteiger partial charge is 0.381 e. The molecule has 0 radical (unpaired) electrons. The van der Waals surface area contributed by atoms with Crippen LogP contribution in [0.3, 0.4) is 0 Å². The highest BCUT2D eigenvalue weighted by Gasteiger charge is 2.39. The maximum absolute atomic E-state index is 12.8. The molecule has 30 heavy (non-hydrogen) atoms. The lowest BCUT2D eigenvalue weighted by molar-refractivity contribution is -0.136. The first-order valence-corrected chi connectivity index (χ1v) is 10.4. The molecule has 2 aromatic rings. The van der Waals surface area contributed by atoms with Gasteiger partial charge in [-0.2, -0.15) is 0 Å². The van der Waals surface area contributed by atoms with E-state index in [1.807, 2.05) is 18.3 Å². The Kier molecular flexibility index (Phi) is 4.82. The molecule has 4 heterocycles. The number of rotatable bonds is 4. The number of nitrogens with one attached hydrogen (secondary N) is 1. The summed E-state index contributed by atoms with van der Waals surface area (Å²) in [4.78, 5) is 38.0. The molecule has 3 aliphatic heterocycles. The van der Waals surface area contributed by atoms with E-state index in [-0.39, 0.29) is 18.2 Å². The number of aromatic nitrogens is 3. The van der Waals surface area contributed by atoms with E-state index in [0.717, 1.165) is 49.4 Å². The molecule has 0 bridgehead atoms. The first-order valence-electron chi connectivity index (χ1n) is 10.4. The van der Waals surface area contributed by atoms with Gasteiger partial charge in [-0.25, -0.2) is 4.68 Å². The molecule has 0 aliphatic carbocycles. The second-order valence-corrected chi connectivity index (χ2v) is 8.16. The monoisotopic (exact) mass is 409 g/mol. The van der Waals surface area contributed by atoms with Gasteiger partial charge in [-0.15, -0.1) is 5.10 Å². The highest BCUT2D eigenvalue weighted by atomic mass is 16.5. The SMILES string of the molecule is O=C1CCC(N2Cc3cc(-n4cc(CC5CCOCC5)nn4)ccc3C2=O)C(=O)N1. The fourth-order valence-corrected chi connectivity index (χ4v) is 4.47. The van der Waals surface area contributed by atoms with Crippen molar-refractivity contribution < 1.29 is 19.1 Å². The average Bonchev–Trinajstić information content (AvgIpc) is 3.33. The van der Waals surface area contributed by atoms with E-state index in [9.17, 15) is 14.4 Å². The minimum absolute atomic E-state index is 0.176. The summed E-state index contributed by atoms with van der Waals surface area (Å²) in [5.41, 5.74) is 3.22. The number of imide groups is 1. The highest BCUT2D eigenvalue weighted by Crippen LogP contribution is 2.29. The van der Waals surface area contributed by atoms with Crippen LogP contribution < -0.4 is 5.32 Å². The average molecular weight is 409 g/mol. The van der Waals surface area contributed by atoms with Crippen LogP contribution in [0.25, 0.3) is 5.69 Å². The Morgan fingerprint density at radius 3 is 2.77 bits per heavy atom. The molecule has 0 saturated carbocycles. The van der Waals surface area contributed by atoms with Crippen molar-refractivity contribution in [3.05, 3.63) is 41.2 Å². The summed E-state index contributed by atoms with van der Waals surface area (Å²) in [6, 6.07) is 4.94. The Bertz CT molecular complexity index is 1010. The Morgan fingerprint density at radius 1 is 1.13 bits per heavy atom. The lowest BCUT2D eigenvalue weighted by atomic mass is 9.95. The van der Waals surface area contributed by atoms with E-state index in [0.29, 0.717) is 24.4 Å². The first kappa shape index (κ1) is 18.9. The van der Waals surface area contributed by atoms with Gasteiger partial charge in [0.15, 0.2) is 0 Å². The topological polar surface area (TPSA) is 106 Å². The number of hydrogen-bond donors (Lipinski definition) is 1. The Morgan fingerprint density at radius 2 is 1.97 bits per heavy atom. The summed E-state index contributed by atoms with van der Waals surface area (Å²) in [6.45, 7) is 1.96. The number of nitrogens with zero attached hydrogens (tertiary/aromatic N) is 4. The van der Waals surface area contributed by atoms with Crippen LogP contribution in [-0.2, 0) is 27.3 Å². The van der Waals surface area contributed by atoms with Gasteiger partial charge in [-0.1, -0.05) is 5.21 Å². The predicted octanol–water partition coefficient (Wildman–Crippen LogP) is 0.997. The number of carbonyl (C=O) groups is 3. The minimum Gasteiger partial charge on any atom is -0.381 e. The zero-order valence-electron chi connectivity index (χ0n) is 16.5. The quantitative estimate of drug-likeness (QED) is 0.755. The van der Waals surface area contributed by atoms with Crippen LogP contribution in [0, 0.1) is 5.92 Å². The van der Waals surface area contributed by atoms with Crippen molar-refractivity contribution in [3.63, 3.8) is 0 Å². The van der Waals surface area contributed by atoms with Gasteiger partial charge in [0.25, 0.3) is 5.91 Å². The van der Waals surface area contributed by atoms with E-state index < -0.39 is 11.9 Å². The minimum atomic E-state index is -0.608. The van der Waals surface area contributed by atoms with Gasteiger partial charge in [0.1, 0.15) is 6.04 Å². The van der Waals surface area contributed by atoms with Crippen LogP contribution in [0.4, 0.5) is 0 Å². The molecule has 0 spiro atoms. The Hall–Kier alpha value is -3.07. The standard InChI is InChI=1S/C21H23N5O4/c27-19-4-3-18(20(28)22-19)25-11-14-10-16(1-2-17(14)21(25)29)26-12-15(23-24-26)9-13-5-7-30-8-6-13/h1-2,10,12-13,18H,3-9,11H2,(H,22,27,28). The zero-order valence-corrected chi connectivity index (χ0v) is 16.5. The summed E-state index contributed by atoms with van der Waals surface area (Å²) < 4.78 is 7.14. The summed E-state index contributed by atoms with van der Waals surface area (Å²) >= 11 is 0. The summed E-state index contributed by atoms with van der Waals surface area (Å²) in [5, 5.41) is 10.9. The molecular formula is C21H23N5O4. The van der Waals surface area contributed by atoms with Gasteiger partial charge in [0.05, 0.1) is 17.6 Å². The van der Waals surface area contributed by atoms with Crippen LogP contribution in [0.15, 0.2) is 24.4 Å². The van der Waals surface area contributed by atoms with Crippen LogP contribution in [-0.4, -0.2) is 56.9 Å². The van der Waals surface area contributed by atoms with Gasteiger partial charge in [0, 0.05) is 31.7 Å². The van der Waals surface area contributed by atoms with Crippen LogP contribution in [0.1, 0.15) is 47.3 Å². The lowest BCUT2D eigenvalue weighted by Crippen LogP contribution is -2.52. The molecule has 1 N–H and O–H groups in total. The van der Waals surface area contributed by atoms with Crippen molar-refractivity contribution in [2.24, 2.45) is 5.92 Å². The van der Waals surface area contributed by atoms with Crippen molar-refractivity contribution in [1.82, 2.24) is 25.2 Å². The third-order valence-corrected chi connectivity index (χ3v) is 6.15. The molecule has 2 fully saturated rings. The summed E-state index contributed by atoms with van der Waals surface area (Å²) in [6.07, 6.45) is 5.52. The fraction of sp³-hybridized carbons (Fsp3) is 0.476. The third kappa shape index (κ3) is 3.49. The number of fused-ring (bicyclic) bond motifs is 1. The van der Waals surface area contributed by atoms with E-state index in [1.165, 1.54) is 0 Å². The Balaban J connectivity index is 1.32. The predicted molar refractivity (Wildman–Crippen MR) is 105 cm³/mol. The highest BCUT2D eigenvalue weighted by molar-refractivity contribution is 6.05. The Labute approximate surface area is 173 Å². The second-order valence-electron chi connectivity index (χ2n) is 8.16. The zero-order chi connectivity index (χ0) is 20.7. The molecule has 9 heteroatoms. The van der Waals surface area contributed by atoms with E-state index in [2.05, 4.69) is 15.6 Å². The summed E-state index contributed by atoms with van der Waals surface area (Å²) in [7, 11) is 0. The smallest absolute Gasteiger partial charge is 0.255 e. The van der Waals surface area contributed by atoms with Gasteiger partial charge < -0.3 is 9.64 Å². The second kappa shape index (κ2) is 7.64. The normalized spacial score (nSPS) is 22.3. The molecule has 1 aromatic carbocycles. The van der Waals surface area contributed by atoms with Crippen molar-refractivity contribution in [2.45, 2.75) is 44.7 Å². The fourth-order valence-electron chi connectivity index (χ4n) is 4.47. The first-order chi connectivity index (χ1) is 14.6. The van der Waals surface area contributed by atoms with Crippen LogP contribution in [0.5, 0.6) is 0 Å². The van der Waals surface area contributed by atoms with Gasteiger partial charge in [-0.3, -0.25) is 19.7 Å². The lowest BCUT2D eigenvalue weighted by Gasteiger charge is -2.29. The third-order valence-electron chi connectivity index (χ3n) is 6.15. The van der Waals surface area contributed by atoms with Crippen molar-refractivity contribution in [2.75, 3.05) is 13.2 Å². The van der Waals surface area contributed by atoms with E-state index in [4.69, 9.17) is 4.74 Å². The van der Waals surface area contributed by atoms with Gasteiger partial charge in [-0.05, 0) is 55.4 Å². The number of benzene rings is 1. The van der Waals surface area contributed by atoms with Crippen LogP contribution in [0.2, 0.25) is 0 Å². The molecule has 9 nitrogen and oxygen atoms in total. The molecule has 1 aromatic heterocycles. The molecule has 3 aliphatic rings. The maximum atomic E-state index is 12.8. The van der Waals surface area contributed by atoms with Crippen molar-refractivity contribution in [3.8, 4) is 5.69 Å². The molecule has 1 unspecified atom stereocenters. The van der Waals surface area contributed by atoms with Crippen molar-refractivity contribution in [1.29, 1.82) is 0 Å². The van der Waals surface area contributed by atoms with E-state index in [1.54, 1.807) is 15.6 Å². The molecule has 156 valence electrons. The number of amides is 3.